The maximum atomic E-state index is 6.42. The predicted octanol–water partition coefficient (Wildman–Crippen LogP) is 20.4. The highest BCUT2D eigenvalue weighted by atomic mass is 15.1. The van der Waals surface area contributed by atoms with Gasteiger partial charge in [0.2, 0.25) is 0 Å². The van der Waals surface area contributed by atoms with Gasteiger partial charge in [0.15, 0.2) is 17.5 Å². The molecule has 10 nitrogen and oxygen atoms in total. The van der Waals surface area contributed by atoms with E-state index < -0.39 is 0 Å². The van der Waals surface area contributed by atoms with Crippen LogP contribution in [0.1, 0.15) is 0 Å². The molecule has 0 saturated heterocycles. The Morgan fingerprint density at radius 2 is 0.564 bits per heavy atom. The summed E-state index contributed by atoms with van der Waals surface area (Å²) in [6, 6.07) is 103. The van der Waals surface area contributed by atoms with Crippen LogP contribution in [-0.4, -0.2) is 48.2 Å². The number of aromatic nitrogens is 10. The van der Waals surface area contributed by atoms with Crippen molar-refractivity contribution in [2.24, 2.45) is 0 Å². The van der Waals surface area contributed by atoms with Crippen LogP contribution in [0.15, 0.2) is 316 Å². The third-order valence-corrected chi connectivity index (χ3v) is 18.6. The first-order valence-electron chi connectivity index (χ1n) is 31.6. The lowest BCUT2D eigenvalue weighted by molar-refractivity contribution is 1.07. The molecule has 8 heterocycles. The van der Waals surface area contributed by atoms with Crippen LogP contribution in [0.2, 0.25) is 0 Å². The molecule has 11 aromatic carbocycles. The second kappa shape index (κ2) is 21.4. The van der Waals surface area contributed by atoms with E-state index in [1.54, 1.807) is 0 Å². The second-order valence-corrected chi connectivity index (χ2v) is 23.8. The zero-order valence-corrected chi connectivity index (χ0v) is 50.5. The van der Waals surface area contributed by atoms with Gasteiger partial charge in [-0.2, -0.15) is 0 Å². The molecule has 0 atom stereocenters. The van der Waals surface area contributed by atoms with Crippen LogP contribution in [0.4, 0.5) is 0 Å². The molecule has 94 heavy (non-hydrogen) atoms. The molecule has 0 bridgehead atoms. The Bertz CT molecular complexity index is 5770. The third kappa shape index (κ3) is 8.23. The van der Waals surface area contributed by atoms with Crippen molar-refractivity contribution < 1.29 is 0 Å². The number of hydrogen-bond donors (Lipinski definition) is 0. The molecule has 0 unspecified atom stereocenters. The van der Waals surface area contributed by atoms with E-state index in [4.69, 9.17) is 29.9 Å². The van der Waals surface area contributed by atoms with Crippen molar-refractivity contribution in [1.29, 1.82) is 0 Å². The zero-order chi connectivity index (χ0) is 61.8. The molecule has 0 aliphatic rings. The number of pyridine rings is 3. The van der Waals surface area contributed by atoms with Crippen molar-refractivity contribution in [3.05, 3.63) is 316 Å². The van der Waals surface area contributed by atoms with E-state index in [2.05, 4.69) is 273 Å². The molecule has 0 radical (unpaired) electrons. The fourth-order valence-electron chi connectivity index (χ4n) is 14.5. The largest absolute Gasteiger partial charge is 0.309 e. The van der Waals surface area contributed by atoms with Gasteiger partial charge in [0.05, 0.1) is 66.9 Å². The fourth-order valence-corrected chi connectivity index (χ4v) is 14.5. The van der Waals surface area contributed by atoms with Crippen LogP contribution in [0.3, 0.4) is 0 Å². The number of nitrogens with zero attached hydrogens (tertiary/aromatic N) is 10. The summed E-state index contributed by atoms with van der Waals surface area (Å²) in [4.78, 5) is 32.4. The standard InChI is InChI=1S/C84H52N10/c1-5-23-53(24-6-1)82-88-83(54-25-7-2-8-26-54)90-84(89-82)64-36-14-13-35-63(64)77-80(93-71-39-21-17-33-61(71)67-51-85-47-45-75(67)93)78(55-41-43-73-65(49-55)59-31-15-19-37-69(59)91(73)57-27-9-3-10-28-57)87-79(81(77)94-72-40-22-18-34-62(72)68-52-86-48-46-76(68)94)56-42-44-74-66(50-56)60-32-16-20-38-70(60)92(74)58-29-11-4-12-30-58/h1-52H. The number of benzene rings is 11. The van der Waals surface area contributed by atoms with Crippen molar-refractivity contribution >= 4 is 87.2 Å². The maximum absolute atomic E-state index is 6.42. The molecule has 0 aliphatic carbocycles. The smallest absolute Gasteiger partial charge is 0.164 e. The van der Waals surface area contributed by atoms with Crippen molar-refractivity contribution in [2.75, 3.05) is 0 Å². The van der Waals surface area contributed by atoms with E-state index in [0.29, 0.717) is 17.5 Å². The van der Waals surface area contributed by atoms with Gasteiger partial charge in [-0.25, -0.2) is 19.9 Å². The minimum absolute atomic E-state index is 0.517. The first kappa shape index (κ1) is 53.0. The molecular formula is C84H52N10. The highest BCUT2D eigenvalue weighted by Crippen LogP contribution is 2.51. The molecule has 0 fully saturated rings. The Labute approximate surface area is 538 Å². The SMILES string of the molecule is c1ccc(-c2nc(-c3ccccc3)nc(-c3ccccc3-c3c(-n4c5ccccc5c5cnccc54)c(-c4ccc5c(c4)c4ccccc4n5-c4ccccc4)nc(-c4ccc5c(c4)c4ccccc4n5-c4ccccc4)c3-n3c4ccccc4c4cnccc43)n2)cc1. The summed E-state index contributed by atoms with van der Waals surface area (Å²) in [5.41, 5.74) is 19.9. The molecule has 0 saturated carbocycles. The fraction of sp³-hybridized carbons (Fsp3) is 0. The van der Waals surface area contributed by atoms with Crippen LogP contribution in [0.5, 0.6) is 0 Å². The molecule has 0 aliphatic heterocycles. The normalized spacial score (nSPS) is 11.8. The highest BCUT2D eigenvalue weighted by molar-refractivity contribution is 6.17. The first-order chi connectivity index (χ1) is 46.7. The van der Waals surface area contributed by atoms with E-state index in [-0.39, 0.29) is 0 Å². The molecule has 0 N–H and O–H groups in total. The predicted molar refractivity (Wildman–Crippen MR) is 383 cm³/mol. The van der Waals surface area contributed by atoms with Crippen LogP contribution < -0.4 is 0 Å². The Kier molecular flexibility index (Phi) is 12.0. The summed E-state index contributed by atoms with van der Waals surface area (Å²) in [6.45, 7) is 0. The zero-order valence-electron chi connectivity index (χ0n) is 50.5. The number of rotatable bonds is 10. The lowest BCUT2D eigenvalue weighted by Crippen LogP contribution is -2.11. The van der Waals surface area contributed by atoms with Gasteiger partial charge in [0, 0.05) is 113 Å². The molecule has 19 rings (SSSR count). The molecule has 438 valence electrons. The second-order valence-electron chi connectivity index (χ2n) is 23.8. The van der Waals surface area contributed by atoms with Crippen molar-refractivity contribution in [2.45, 2.75) is 0 Å². The van der Waals surface area contributed by atoms with Crippen LogP contribution in [-0.2, 0) is 0 Å². The summed E-state index contributed by atoms with van der Waals surface area (Å²) >= 11 is 0. The Morgan fingerprint density at radius 1 is 0.223 bits per heavy atom. The van der Waals surface area contributed by atoms with Crippen LogP contribution >= 0.6 is 0 Å². The Morgan fingerprint density at radius 3 is 1.01 bits per heavy atom. The van der Waals surface area contributed by atoms with Crippen molar-refractivity contribution in [3.8, 4) is 90.6 Å². The van der Waals surface area contributed by atoms with Crippen LogP contribution in [0.25, 0.3) is 178 Å². The lowest BCUT2D eigenvalue weighted by Gasteiger charge is -2.26. The monoisotopic (exact) mass is 1200 g/mol. The quantitative estimate of drug-likeness (QED) is 0.135. The van der Waals surface area contributed by atoms with Crippen molar-refractivity contribution in [3.63, 3.8) is 0 Å². The molecule has 0 amide bonds. The molecule has 8 aromatic heterocycles. The van der Waals surface area contributed by atoms with Crippen molar-refractivity contribution in [1.82, 2.24) is 48.2 Å². The number of hydrogen-bond acceptors (Lipinski definition) is 6. The highest BCUT2D eigenvalue weighted by Gasteiger charge is 2.33. The van der Waals surface area contributed by atoms with E-state index in [0.717, 1.165) is 160 Å². The van der Waals surface area contributed by atoms with Gasteiger partial charge in [-0.05, 0) is 90.5 Å². The van der Waals surface area contributed by atoms with Crippen LogP contribution in [0, 0.1) is 0 Å². The maximum Gasteiger partial charge on any atom is 0.164 e. The lowest BCUT2D eigenvalue weighted by atomic mass is 9.90. The Hall–Kier alpha value is -12.9. The molecule has 19 aromatic rings. The minimum atomic E-state index is 0.517. The van der Waals surface area contributed by atoms with Gasteiger partial charge in [0.25, 0.3) is 0 Å². The van der Waals surface area contributed by atoms with E-state index >= 15 is 0 Å². The topological polar surface area (TPSA) is 97.1 Å². The van der Waals surface area contributed by atoms with Gasteiger partial charge in [-0.3, -0.25) is 9.97 Å². The van der Waals surface area contributed by atoms with Gasteiger partial charge in [0.1, 0.15) is 0 Å². The summed E-state index contributed by atoms with van der Waals surface area (Å²) in [7, 11) is 0. The van der Waals surface area contributed by atoms with Gasteiger partial charge in [-0.1, -0.05) is 206 Å². The van der Waals surface area contributed by atoms with E-state index in [9.17, 15) is 0 Å². The summed E-state index contributed by atoms with van der Waals surface area (Å²) in [5.74, 6) is 1.64. The van der Waals surface area contributed by atoms with Gasteiger partial charge >= 0.3 is 0 Å². The average Bonchev–Trinajstić information content (AvgIpc) is 1.44. The van der Waals surface area contributed by atoms with Gasteiger partial charge < -0.3 is 18.3 Å². The van der Waals surface area contributed by atoms with Gasteiger partial charge in [-0.15, -0.1) is 0 Å². The molecule has 0 spiro atoms. The number of para-hydroxylation sites is 6. The Balaban J connectivity index is 1.04. The first-order valence-corrected chi connectivity index (χ1v) is 31.6. The third-order valence-electron chi connectivity index (χ3n) is 18.6. The molecule has 10 heteroatoms. The summed E-state index contributed by atoms with van der Waals surface area (Å²) < 4.78 is 9.63. The summed E-state index contributed by atoms with van der Waals surface area (Å²) in [6.07, 6.45) is 7.80. The van der Waals surface area contributed by atoms with E-state index in [1.807, 2.05) is 61.2 Å². The van der Waals surface area contributed by atoms with E-state index in [1.165, 1.54) is 0 Å². The minimum Gasteiger partial charge on any atom is -0.309 e. The summed E-state index contributed by atoms with van der Waals surface area (Å²) in [5, 5.41) is 8.60. The average molecular weight is 1200 g/mol. The molecular weight excluding hydrogens is 1150 g/mol. The number of fused-ring (bicyclic) bond motifs is 12.